The molecule has 4 saturated carbocycles. The van der Waals surface area contributed by atoms with Crippen molar-refractivity contribution < 1.29 is 14.5 Å². The third-order valence-electron chi connectivity index (χ3n) is 7.98. The van der Waals surface area contributed by atoms with E-state index in [1.54, 1.807) is 44.1 Å². The average Bonchev–Trinajstić information content (AvgIpc) is 2.62. The van der Waals surface area contributed by atoms with Gasteiger partial charge in [-0.25, -0.2) is 0 Å². The lowest BCUT2D eigenvalue weighted by molar-refractivity contribution is -1.03. The van der Waals surface area contributed by atoms with Crippen LogP contribution in [0.4, 0.5) is 0 Å². The van der Waals surface area contributed by atoms with Crippen molar-refractivity contribution in [3.05, 3.63) is 28.2 Å². The zero-order chi connectivity index (χ0) is 17.7. The Morgan fingerprint density at radius 2 is 1.62 bits per heavy atom. The molecule has 4 bridgehead atoms. The fourth-order valence-electron chi connectivity index (χ4n) is 7.18. The molecule has 6 rings (SSSR count). The zero-order valence-electron chi connectivity index (χ0n) is 16.0. The average molecular weight is 421 g/mol. The van der Waals surface area contributed by atoms with E-state index in [1.165, 1.54) is 31.7 Å². The van der Waals surface area contributed by atoms with Crippen LogP contribution in [-0.4, -0.2) is 39.3 Å². The first-order chi connectivity index (χ1) is 12.7. The Morgan fingerprint density at radius 1 is 0.962 bits per heavy atom. The van der Waals surface area contributed by atoms with Crippen molar-refractivity contribution in [1.82, 2.24) is 0 Å². The number of hydrogen-bond donors (Lipinski definition) is 2. The molecule has 142 valence electrons. The minimum absolute atomic E-state index is 1.00. The summed E-state index contributed by atoms with van der Waals surface area (Å²) >= 11 is 3.62. The Bertz CT molecular complexity index is 628. The van der Waals surface area contributed by atoms with Gasteiger partial charge in [0.1, 0.15) is 38.5 Å². The monoisotopic (exact) mass is 420 g/mol. The summed E-state index contributed by atoms with van der Waals surface area (Å²) in [6, 6.07) is 7.41. The van der Waals surface area contributed by atoms with E-state index in [0.717, 1.165) is 46.5 Å². The maximum Gasteiger partial charge on any atom is 0.127 e. The standard InChI is InChI=1S/C22H31BrN2O/c1-26-21-3-2-20(23)13-19(21)14-24-4-6-25(7-5-24)22-17-9-15-8-16(11-17)12-18(22)10-15/h2-3,13,15-18,22H,4-12,14H2,1H3/p+2. The molecule has 0 aromatic heterocycles. The summed E-state index contributed by atoms with van der Waals surface area (Å²) in [5, 5.41) is 0. The highest BCUT2D eigenvalue weighted by Crippen LogP contribution is 2.52. The SMILES string of the molecule is COc1ccc(Br)cc1C[NH+]1CC[NH+](C2C3CC4CC(C3)CC2C4)CC1. The van der Waals surface area contributed by atoms with Crippen molar-refractivity contribution >= 4 is 15.9 Å². The highest BCUT2D eigenvalue weighted by molar-refractivity contribution is 9.10. The summed E-state index contributed by atoms with van der Waals surface area (Å²) in [6.45, 7) is 6.47. The molecule has 3 nitrogen and oxygen atoms in total. The van der Waals surface area contributed by atoms with Gasteiger partial charge < -0.3 is 14.5 Å². The quantitative estimate of drug-likeness (QED) is 0.756. The van der Waals surface area contributed by atoms with Crippen LogP contribution in [0.1, 0.15) is 37.7 Å². The summed E-state index contributed by atoms with van der Waals surface area (Å²) in [5.74, 6) is 5.37. The Balaban J connectivity index is 1.21. The van der Waals surface area contributed by atoms with Gasteiger partial charge in [-0.05, 0) is 62.1 Å². The van der Waals surface area contributed by atoms with E-state index >= 15 is 0 Å². The van der Waals surface area contributed by atoms with Crippen molar-refractivity contribution in [2.45, 2.75) is 44.7 Å². The molecule has 0 amide bonds. The fraction of sp³-hybridized carbons (Fsp3) is 0.727. The highest BCUT2D eigenvalue weighted by atomic mass is 79.9. The van der Waals surface area contributed by atoms with Crippen molar-refractivity contribution in [3.63, 3.8) is 0 Å². The topological polar surface area (TPSA) is 18.1 Å². The van der Waals surface area contributed by atoms with Crippen LogP contribution in [0, 0.1) is 23.7 Å². The number of quaternary nitrogens is 2. The Hall–Kier alpha value is -0.580. The van der Waals surface area contributed by atoms with Crippen LogP contribution in [0.5, 0.6) is 5.75 Å². The predicted molar refractivity (Wildman–Crippen MR) is 107 cm³/mol. The van der Waals surface area contributed by atoms with Crippen LogP contribution in [0.3, 0.4) is 0 Å². The van der Waals surface area contributed by atoms with E-state index in [1.807, 2.05) is 4.90 Å². The lowest BCUT2D eigenvalue weighted by Crippen LogP contribution is -3.30. The molecule has 26 heavy (non-hydrogen) atoms. The van der Waals surface area contributed by atoms with Gasteiger partial charge in [0.05, 0.1) is 13.2 Å². The van der Waals surface area contributed by atoms with Crippen LogP contribution in [0.15, 0.2) is 22.7 Å². The third kappa shape index (κ3) is 3.22. The number of halogens is 1. The van der Waals surface area contributed by atoms with Gasteiger partial charge in [0, 0.05) is 21.9 Å². The van der Waals surface area contributed by atoms with E-state index in [2.05, 4.69) is 34.1 Å². The number of hydrogen-bond acceptors (Lipinski definition) is 1. The van der Waals surface area contributed by atoms with Crippen LogP contribution >= 0.6 is 15.9 Å². The maximum atomic E-state index is 5.58. The van der Waals surface area contributed by atoms with Crippen molar-refractivity contribution in [2.75, 3.05) is 33.3 Å². The molecule has 2 N–H and O–H groups in total. The van der Waals surface area contributed by atoms with Crippen molar-refractivity contribution in [1.29, 1.82) is 0 Å². The van der Waals surface area contributed by atoms with Crippen LogP contribution in [0.2, 0.25) is 0 Å². The molecule has 1 aliphatic heterocycles. The number of benzene rings is 1. The second-order valence-electron chi connectivity index (χ2n) is 9.50. The summed E-state index contributed by atoms with van der Waals surface area (Å²) in [7, 11) is 1.79. The van der Waals surface area contributed by atoms with Gasteiger partial charge in [0.2, 0.25) is 0 Å². The molecule has 1 aromatic carbocycles. The molecule has 0 unspecified atom stereocenters. The molecule has 0 radical (unpaired) electrons. The number of piperazine rings is 1. The van der Waals surface area contributed by atoms with Crippen molar-refractivity contribution in [3.8, 4) is 5.75 Å². The lowest BCUT2D eigenvalue weighted by atomic mass is 9.54. The molecule has 1 saturated heterocycles. The Morgan fingerprint density at radius 3 is 2.23 bits per heavy atom. The van der Waals surface area contributed by atoms with Gasteiger partial charge in [-0.3, -0.25) is 0 Å². The third-order valence-corrected chi connectivity index (χ3v) is 8.47. The second kappa shape index (κ2) is 7.10. The second-order valence-corrected chi connectivity index (χ2v) is 10.4. The van der Waals surface area contributed by atoms with Crippen LogP contribution < -0.4 is 14.5 Å². The smallest absolute Gasteiger partial charge is 0.127 e. The first-order valence-electron chi connectivity index (χ1n) is 10.7. The molecule has 4 heteroatoms. The summed E-state index contributed by atoms with van der Waals surface area (Å²) in [4.78, 5) is 3.69. The minimum Gasteiger partial charge on any atom is -0.496 e. The Labute approximate surface area is 166 Å². The lowest BCUT2D eigenvalue weighted by Gasteiger charge is -2.55. The van der Waals surface area contributed by atoms with Gasteiger partial charge in [-0.15, -0.1) is 0 Å². The molecular formula is C22H33BrN2O+2. The number of nitrogens with one attached hydrogen (secondary N) is 2. The van der Waals surface area contributed by atoms with Gasteiger partial charge in [0.15, 0.2) is 0 Å². The van der Waals surface area contributed by atoms with Gasteiger partial charge in [0.25, 0.3) is 0 Å². The molecule has 0 spiro atoms. The van der Waals surface area contributed by atoms with Crippen LogP contribution in [-0.2, 0) is 6.54 Å². The van der Waals surface area contributed by atoms with E-state index < -0.39 is 0 Å². The van der Waals surface area contributed by atoms with Gasteiger partial charge in [-0.2, -0.15) is 0 Å². The first-order valence-corrected chi connectivity index (χ1v) is 11.5. The van der Waals surface area contributed by atoms with E-state index in [9.17, 15) is 0 Å². The molecule has 4 aliphatic carbocycles. The van der Waals surface area contributed by atoms with Gasteiger partial charge in [-0.1, -0.05) is 15.9 Å². The summed E-state index contributed by atoms with van der Waals surface area (Å²) in [6.07, 6.45) is 7.82. The van der Waals surface area contributed by atoms with Crippen LogP contribution in [0.25, 0.3) is 0 Å². The van der Waals surface area contributed by atoms with Gasteiger partial charge >= 0.3 is 0 Å². The van der Waals surface area contributed by atoms with Crippen molar-refractivity contribution in [2.24, 2.45) is 23.7 Å². The first kappa shape index (κ1) is 17.5. The van der Waals surface area contributed by atoms with E-state index in [0.29, 0.717) is 0 Å². The molecule has 1 aromatic rings. The molecule has 5 fully saturated rings. The summed E-state index contributed by atoms with van der Waals surface area (Å²) < 4.78 is 6.74. The maximum absolute atomic E-state index is 5.58. The molecule has 1 heterocycles. The Kier molecular flexibility index (Phi) is 4.79. The number of methoxy groups -OCH3 is 1. The molecule has 0 atom stereocenters. The number of ether oxygens (including phenoxy) is 1. The van der Waals surface area contributed by atoms with E-state index in [-0.39, 0.29) is 0 Å². The number of rotatable bonds is 4. The summed E-state index contributed by atoms with van der Waals surface area (Å²) in [5.41, 5.74) is 1.34. The minimum atomic E-state index is 1.00. The van der Waals surface area contributed by atoms with E-state index in [4.69, 9.17) is 4.74 Å². The molecule has 5 aliphatic rings. The normalized spacial score (nSPS) is 41.4. The fourth-order valence-corrected chi connectivity index (χ4v) is 7.59. The molecular weight excluding hydrogens is 388 g/mol. The highest BCUT2D eigenvalue weighted by Gasteiger charge is 2.52. The zero-order valence-corrected chi connectivity index (χ0v) is 17.6. The largest absolute Gasteiger partial charge is 0.496 e. The predicted octanol–water partition coefficient (Wildman–Crippen LogP) is 1.57.